The number of aromatic nitrogens is 4. The van der Waals surface area contributed by atoms with Crippen molar-refractivity contribution < 1.29 is 33.4 Å². The van der Waals surface area contributed by atoms with E-state index in [-0.39, 0.29) is 49.6 Å². The van der Waals surface area contributed by atoms with Crippen molar-refractivity contribution in [2.24, 2.45) is 0 Å². The van der Waals surface area contributed by atoms with Crippen LogP contribution in [-0.4, -0.2) is 89.3 Å². The highest BCUT2D eigenvalue weighted by Crippen LogP contribution is 2.35. The van der Waals surface area contributed by atoms with Crippen LogP contribution in [0.1, 0.15) is 33.3 Å². The summed E-state index contributed by atoms with van der Waals surface area (Å²) in [6.07, 6.45) is 4.53. The van der Waals surface area contributed by atoms with Crippen molar-refractivity contribution in [2.75, 3.05) is 26.7 Å². The Bertz CT molecular complexity index is 1600. The van der Waals surface area contributed by atoms with E-state index in [4.69, 9.17) is 9.26 Å². The molecule has 4 aromatic rings. The lowest BCUT2D eigenvalue weighted by Gasteiger charge is -2.39. The maximum absolute atomic E-state index is 13.8. The molecule has 0 bridgehead atoms. The average molecular weight is 581 g/mol. The summed E-state index contributed by atoms with van der Waals surface area (Å²) in [5, 5.41) is 4.71. The van der Waals surface area contributed by atoms with Gasteiger partial charge in [0.05, 0.1) is 35.5 Å². The van der Waals surface area contributed by atoms with Crippen molar-refractivity contribution in [3.63, 3.8) is 0 Å². The molecule has 0 saturated carbocycles. The van der Waals surface area contributed by atoms with Crippen molar-refractivity contribution in [1.82, 2.24) is 29.1 Å². The van der Waals surface area contributed by atoms with Crippen LogP contribution in [-0.2, 0) is 16.0 Å². The molecule has 0 radical (unpaired) electrons. The monoisotopic (exact) mass is 580 g/mol. The number of fused-ring (bicyclic) bond motifs is 1. The van der Waals surface area contributed by atoms with Crippen molar-refractivity contribution in [3.8, 4) is 11.6 Å². The van der Waals surface area contributed by atoms with Gasteiger partial charge in [-0.15, -0.1) is 0 Å². The summed E-state index contributed by atoms with van der Waals surface area (Å²) in [5.74, 6) is -1.09. The Hall–Kier alpha value is -4.16. The van der Waals surface area contributed by atoms with Crippen LogP contribution in [0.25, 0.3) is 16.7 Å². The number of ketones is 1. The Kier molecular flexibility index (Phi) is 8.13. The molecule has 5 rings (SSSR count). The maximum atomic E-state index is 13.8. The number of rotatable bonds is 8. The van der Waals surface area contributed by atoms with Crippen LogP contribution < -0.4 is 4.74 Å². The third kappa shape index (κ3) is 5.57. The minimum atomic E-state index is -2.70. The quantitative estimate of drug-likeness (QED) is 0.182. The lowest BCUT2D eigenvalue weighted by Crippen LogP contribution is -2.56. The zero-order valence-electron chi connectivity index (χ0n) is 22.7. The molecular weight excluding hydrogens is 551 g/mol. The number of carbonyl (C=O) groups is 3. The number of benzene rings is 1. The molecule has 0 aliphatic carbocycles. The largest absolute Gasteiger partial charge is 0.494 e. The van der Waals surface area contributed by atoms with E-state index in [2.05, 4.69) is 10.1 Å². The van der Waals surface area contributed by atoms with Crippen LogP contribution in [0, 0.1) is 6.92 Å². The predicted octanol–water partition coefficient (Wildman–Crippen LogP) is 2.28. The van der Waals surface area contributed by atoms with Gasteiger partial charge < -0.3 is 28.9 Å². The van der Waals surface area contributed by atoms with Crippen LogP contribution in [0.3, 0.4) is 0 Å². The zero-order chi connectivity index (χ0) is 29.3. The van der Waals surface area contributed by atoms with Gasteiger partial charge in [0.1, 0.15) is 12.5 Å². The SMILES string of the molecule is COc1cnc(-n2ccc(C)n2)c2c1c(C(=O)C(=O)N1CCN(C(=O)c3ccccc3)[C@H](C)C1)cn2COP(O)O. The molecule has 0 unspecified atom stereocenters. The topological polar surface area (TPSA) is 152 Å². The van der Waals surface area contributed by atoms with E-state index in [0.717, 1.165) is 5.69 Å². The van der Waals surface area contributed by atoms with Gasteiger partial charge in [-0.1, -0.05) is 18.2 Å². The first kappa shape index (κ1) is 28.4. The van der Waals surface area contributed by atoms with Crippen molar-refractivity contribution >= 4 is 37.1 Å². The van der Waals surface area contributed by atoms with Crippen LogP contribution in [0.4, 0.5) is 0 Å². The van der Waals surface area contributed by atoms with Gasteiger partial charge in [0.25, 0.3) is 17.6 Å². The summed E-state index contributed by atoms with van der Waals surface area (Å²) in [6.45, 7) is 3.95. The Labute approximate surface area is 236 Å². The van der Waals surface area contributed by atoms with Crippen molar-refractivity contribution in [2.45, 2.75) is 26.6 Å². The molecule has 14 heteroatoms. The van der Waals surface area contributed by atoms with Crippen LogP contribution in [0.2, 0.25) is 0 Å². The van der Waals surface area contributed by atoms with Gasteiger partial charge in [-0.2, -0.15) is 5.10 Å². The number of pyridine rings is 1. The lowest BCUT2D eigenvalue weighted by atomic mass is 10.1. The van der Waals surface area contributed by atoms with Crippen molar-refractivity contribution in [3.05, 3.63) is 71.8 Å². The fourth-order valence-electron chi connectivity index (χ4n) is 4.98. The number of aryl methyl sites for hydroxylation is 1. The number of ether oxygens (including phenoxy) is 1. The number of Topliss-reactive ketones (excluding diaryl/α,β-unsaturated/α-hetero) is 1. The van der Waals surface area contributed by atoms with Crippen LogP contribution in [0.15, 0.2) is 55.0 Å². The van der Waals surface area contributed by atoms with E-state index >= 15 is 0 Å². The first-order valence-electron chi connectivity index (χ1n) is 12.8. The number of methoxy groups -OCH3 is 1. The normalized spacial score (nSPS) is 15.5. The van der Waals surface area contributed by atoms with E-state index in [0.29, 0.717) is 22.3 Å². The minimum Gasteiger partial charge on any atom is -0.494 e. The zero-order valence-corrected chi connectivity index (χ0v) is 23.6. The van der Waals surface area contributed by atoms with Crippen LogP contribution >= 0.6 is 8.60 Å². The fraction of sp³-hybridized carbons (Fsp3) is 0.296. The van der Waals surface area contributed by atoms with Crippen molar-refractivity contribution in [1.29, 1.82) is 0 Å². The number of carbonyl (C=O) groups excluding carboxylic acids is 3. The molecule has 2 N–H and O–H groups in total. The lowest BCUT2D eigenvalue weighted by molar-refractivity contribution is -0.128. The summed E-state index contributed by atoms with van der Waals surface area (Å²) < 4.78 is 13.5. The molecule has 214 valence electrons. The molecule has 13 nitrogen and oxygen atoms in total. The minimum absolute atomic E-state index is 0.0358. The van der Waals surface area contributed by atoms with E-state index in [9.17, 15) is 24.2 Å². The highest BCUT2D eigenvalue weighted by atomic mass is 31.2. The molecule has 2 amide bonds. The molecular formula is C27H29N6O7P. The molecule has 1 atom stereocenters. The van der Waals surface area contributed by atoms with Crippen LogP contribution in [0.5, 0.6) is 5.75 Å². The summed E-state index contributed by atoms with van der Waals surface area (Å²) in [7, 11) is -1.28. The second kappa shape index (κ2) is 11.8. The molecule has 1 aromatic carbocycles. The first-order valence-corrected chi connectivity index (χ1v) is 13.9. The number of amides is 2. The van der Waals surface area contributed by atoms with Gasteiger partial charge in [-0.25, -0.2) is 9.67 Å². The Morgan fingerprint density at radius 1 is 1.12 bits per heavy atom. The Balaban J connectivity index is 1.48. The fourth-order valence-corrected chi connectivity index (χ4v) is 5.21. The van der Waals surface area contributed by atoms with E-state index in [1.54, 1.807) is 41.4 Å². The molecule has 1 aliphatic heterocycles. The number of piperazine rings is 1. The summed E-state index contributed by atoms with van der Waals surface area (Å²) in [5.41, 5.74) is 1.68. The number of hydrogen-bond donors (Lipinski definition) is 2. The molecule has 1 saturated heterocycles. The van der Waals surface area contributed by atoms with Gasteiger partial charge >= 0.3 is 8.60 Å². The smallest absolute Gasteiger partial charge is 0.328 e. The third-order valence-electron chi connectivity index (χ3n) is 6.95. The van der Waals surface area contributed by atoms with E-state index < -0.39 is 20.3 Å². The van der Waals surface area contributed by atoms with Gasteiger partial charge in [0.15, 0.2) is 5.82 Å². The van der Waals surface area contributed by atoms with Gasteiger partial charge in [0.2, 0.25) is 0 Å². The molecule has 1 aliphatic rings. The van der Waals surface area contributed by atoms with Gasteiger partial charge in [-0.05, 0) is 32.0 Å². The summed E-state index contributed by atoms with van der Waals surface area (Å²) in [6, 6.07) is 10.4. The summed E-state index contributed by atoms with van der Waals surface area (Å²) >= 11 is 0. The second-order valence-electron chi connectivity index (χ2n) is 9.59. The second-order valence-corrected chi connectivity index (χ2v) is 10.4. The first-order chi connectivity index (χ1) is 19.7. The van der Waals surface area contributed by atoms with E-state index in [1.807, 2.05) is 19.9 Å². The van der Waals surface area contributed by atoms with E-state index in [1.165, 1.54) is 33.7 Å². The highest BCUT2D eigenvalue weighted by molar-refractivity contribution is 7.39. The molecule has 3 aromatic heterocycles. The Morgan fingerprint density at radius 3 is 2.51 bits per heavy atom. The summed E-state index contributed by atoms with van der Waals surface area (Å²) in [4.78, 5) is 66.6. The molecule has 41 heavy (non-hydrogen) atoms. The molecule has 0 spiro atoms. The number of hydrogen-bond acceptors (Lipinski definition) is 9. The third-order valence-corrected chi connectivity index (χ3v) is 7.29. The van der Waals surface area contributed by atoms with Gasteiger partial charge in [-0.3, -0.25) is 18.9 Å². The average Bonchev–Trinajstić information content (AvgIpc) is 3.59. The Morgan fingerprint density at radius 2 is 1.88 bits per heavy atom. The highest BCUT2D eigenvalue weighted by Gasteiger charge is 2.35. The molecule has 1 fully saturated rings. The predicted molar refractivity (Wildman–Crippen MR) is 148 cm³/mol. The molecule has 4 heterocycles. The number of nitrogens with zero attached hydrogens (tertiary/aromatic N) is 6. The van der Waals surface area contributed by atoms with Gasteiger partial charge in [0, 0.05) is 43.6 Å². The standard InChI is InChI=1S/C27H29N6O7P/c1-17-9-10-33(29-17)25-23-22(21(39-3)13-28-25)20(15-31(23)16-40-41(37)38)24(34)27(36)30-11-12-32(18(2)14-30)26(35)19-7-5-4-6-8-19/h4-10,13,15,18,37-38H,11-12,14,16H2,1-3H3/t18-/m1/s1. The maximum Gasteiger partial charge on any atom is 0.328 e.